The fourth-order valence-corrected chi connectivity index (χ4v) is 3.94. The lowest BCUT2D eigenvalue weighted by atomic mass is 10.1. The van der Waals surface area contributed by atoms with Crippen molar-refractivity contribution >= 4 is 17.5 Å². The van der Waals surface area contributed by atoms with Gasteiger partial charge in [0.2, 0.25) is 11.7 Å². The summed E-state index contributed by atoms with van der Waals surface area (Å²) < 4.78 is 17.2. The summed E-state index contributed by atoms with van der Waals surface area (Å²) in [5.41, 5.74) is 8.92. The van der Waals surface area contributed by atoms with Crippen molar-refractivity contribution in [3.63, 3.8) is 0 Å². The number of carbonyl (C=O) groups excluding carboxylic acids is 1. The molecule has 0 saturated heterocycles. The number of nitrogens with two attached hydrogens (primary N) is 1. The maximum atomic E-state index is 15.5. The Bertz CT molecular complexity index is 1310. The normalized spacial score (nSPS) is 12.9. The molecule has 2 aromatic carbocycles. The van der Waals surface area contributed by atoms with Gasteiger partial charge in [0.05, 0.1) is 12.1 Å². The van der Waals surface area contributed by atoms with Crippen molar-refractivity contribution in [3.05, 3.63) is 90.0 Å². The first-order valence-electron chi connectivity index (χ1n) is 11.4. The van der Waals surface area contributed by atoms with Crippen molar-refractivity contribution in [1.82, 2.24) is 24.7 Å². The van der Waals surface area contributed by atoms with Crippen molar-refractivity contribution in [2.24, 2.45) is 5.73 Å². The Labute approximate surface area is 201 Å². The SMILES string of the molecule is NC(=O)Cc1ccc(CNc2ncnc(N(Cc3cccc(-n4cncn4)c3)C3CC3)c2F)cc1. The molecule has 0 atom stereocenters. The smallest absolute Gasteiger partial charge is 0.221 e. The number of rotatable bonds is 10. The van der Waals surface area contributed by atoms with E-state index in [-0.39, 0.29) is 30.0 Å². The number of halogens is 1. The topological polar surface area (TPSA) is 115 Å². The highest BCUT2D eigenvalue weighted by atomic mass is 19.1. The fourth-order valence-electron chi connectivity index (χ4n) is 3.94. The van der Waals surface area contributed by atoms with Crippen LogP contribution in [-0.2, 0) is 24.3 Å². The van der Waals surface area contributed by atoms with Gasteiger partial charge < -0.3 is 16.0 Å². The molecule has 178 valence electrons. The number of hydrogen-bond acceptors (Lipinski definition) is 7. The second-order valence-electron chi connectivity index (χ2n) is 8.54. The average Bonchev–Trinajstić information content (AvgIpc) is 3.55. The van der Waals surface area contributed by atoms with Crippen molar-refractivity contribution < 1.29 is 9.18 Å². The van der Waals surface area contributed by atoms with Gasteiger partial charge in [0.1, 0.15) is 19.0 Å². The monoisotopic (exact) mass is 472 g/mol. The van der Waals surface area contributed by atoms with Gasteiger partial charge in [-0.1, -0.05) is 36.4 Å². The number of nitrogens with zero attached hydrogens (tertiary/aromatic N) is 6. The van der Waals surface area contributed by atoms with E-state index in [9.17, 15) is 4.79 Å². The minimum atomic E-state index is -0.475. The van der Waals surface area contributed by atoms with Crippen LogP contribution in [0.15, 0.2) is 67.5 Å². The summed E-state index contributed by atoms with van der Waals surface area (Å²) in [6, 6.07) is 15.6. The first-order chi connectivity index (χ1) is 17.1. The molecular formula is C25H25FN8O. The van der Waals surface area contributed by atoms with E-state index in [1.165, 1.54) is 12.7 Å². The standard InChI is InChI=1S/C25H25FN8O/c26-23-24(29-12-18-6-4-17(5-7-18)11-22(27)35)30-15-31-25(23)33(20-8-9-20)13-19-2-1-3-21(10-19)34-16-28-14-32-34/h1-7,10,14-16,20H,8-9,11-13H2,(H2,27,35)(H,29,30,31). The lowest BCUT2D eigenvalue weighted by Gasteiger charge is -2.25. The van der Waals surface area contributed by atoms with Gasteiger partial charge in [0.25, 0.3) is 0 Å². The number of aromatic nitrogens is 5. The van der Waals surface area contributed by atoms with Crippen LogP contribution in [0.1, 0.15) is 29.5 Å². The largest absolute Gasteiger partial charge is 0.369 e. The lowest BCUT2D eigenvalue weighted by molar-refractivity contribution is -0.117. The number of amides is 1. The zero-order chi connectivity index (χ0) is 24.2. The summed E-state index contributed by atoms with van der Waals surface area (Å²) in [7, 11) is 0. The Morgan fingerprint density at radius 3 is 2.60 bits per heavy atom. The van der Waals surface area contributed by atoms with Crippen LogP contribution < -0.4 is 16.0 Å². The third-order valence-corrected chi connectivity index (χ3v) is 5.84. The van der Waals surface area contributed by atoms with E-state index in [4.69, 9.17) is 5.73 Å². The Morgan fingerprint density at radius 1 is 1.09 bits per heavy atom. The maximum Gasteiger partial charge on any atom is 0.221 e. The fraction of sp³-hybridized carbons (Fsp3) is 0.240. The highest BCUT2D eigenvalue weighted by Gasteiger charge is 2.32. The van der Waals surface area contributed by atoms with Crippen LogP contribution >= 0.6 is 0 Å². The van der Waals surface area contributed by atoms with Crippen LogP contribution in [0.3, 0.4) is 0 Å². The zero-order valence-corrected chi connectivity index (χ0v) is 19.0. The van der Waals surface area contributed by atoms with Crippen LogP contribution in [-0.4, -0.2) is 36.7 Å². The molecule has 35 heavy (non-hydrogen) atoms. The van der Waals surface area contributed by atoms with E-state index >= 15 is 4.39 Å². The molecule has 0 bridgehead atoms. The molecule has 1 fully saturated rings. The summed E-state index contributed by atoms with van der Waals surface area (Å²) in [6.07, 6.45) is 6.70. The summed E-state index contributed by atoms with van der Waals surface area (Å²) in [4.78, 5) is 25.5. The molecule has 2 heterocycles. The van der Waals surface area contributed by atoms with E-state index in [0.717, 1.165) is 35.2 Å². The van der Waals surface area contributed by atoms with E-state index in [2.05, 4.69) is 25.4 Å². The predicted molar refractivity (Wildman–Crippen MR) is 129 cm³/mol. The Hall–Kier alpha value is -4.34. The van der Waals surface area contributed by atoms with Gasteiger partial charge in [-0.25, -0.2) is 19.6 Å². The maximum absolute atomic E-state index is 15.5. The van der Waals surface area contributed by atoms with Gasteiger partial charge in [0.15, 0.2) is 11.6 Å². The van der Waals surface area contributed by atoms with Gasteiger partial charge >= 0.3 is 0 Å². The summed E-state index contributed by atoms with van der Waals surface area (Å²) in [5, 5.41) is 7.26. The molecule has 1 amide bonds. The quantitative estimate of drug-likeness (QED) is 0.365. The second-order valence-corrected chi connectivity index (χ2v) is 8.54. The number of hydrogen-bond donors (Lipinski definition) is 2. The second kappa shape index (κ2) is 9.88. The van der Waals surface area contributed by atoms with Crippen molar-refractivity contribution in [2.75, 3.05) is 10.2 Å². The van der Waals surface area contributed by atoms with Crippen LogP contribution in [0.2, 0.25) is 0 Å². The van der Waals surface area contributed by atoms with Crippen LogP contribution in [0.25, 0.3) is 5.69 Å². The van der Waals surface area contributed by atoms with Gasteiger partial charge in [-0.3, -0.25) is 4.79 Å². The third kappa shape index (κ3) is 5.43. The highest BCUT2D eigenvalue weighted by molar-refractivity contribution is 5.76. The summed E-state index contributed by atoms with van der Waals surface area (Å²) in [5.74, 6) is -0.417. The first kappa shape index (κ1) is 22.5. The molecule has 0 unspecified atom stereocenters. The Morgan fingerprint density at radius 2 is 1.89 bits per heavy atom. The molecule has 0 radical (unpaired) electrons. The molecule has 0 aliphatic heterocycles. The molecule has 5 rings (SSSR count). The van der Waals surface area contributed by atoms with Crippen LogP contribution in [0.4, 0.5) is 16.0 Å². The van der Waals surface area contributed by atoms with Gasteiger partial charge in [0, 0.05) is 19.1 Å². The zero-order valence-electron chi connectivity index (χ0n) is 19.0. The minimum Gasteiger partial charge on any atom is -0.369 e. The lowest BCUT2D eigenvalue weighted by Crippen LogP contribution is -2.27. The molecule has 1 aliphatic carbocycles. The average molecular weight is 473 g/mol. The highest BCUT2D eigenvalue weighted by Crippen LogP contribution is 2.34. The van der Waals surface area contributed by atoms with Gasteiger partial charge in [-0.2, -0.15) is 9.49 Å². The molecule has 0 spiro atoms. The van der Waals surface area contributed by atoms with Crippen molar-refractivity contribution in [3.8, 4) is 5.69 Å². The number of nitrogens with one attached hydrogen (secondary N) is 1. The van der Waals surface area contributed by atoms with Gasteiger partial charge in [-0.05, 0) is 41.7 Å². The van der Waals surface area contributed by atoms with E-state index < -0.39 is 5.82 Å². The predicted octanol–water partition coefficient (Wildman–Crippen LogP) is 3.01. The molecule has 2 aromatic heterocycles. The van der Waals surface area contributed by atoms with Crippen molar-refractivity contribution in [2.45, 2.75) is 38.4 Å². The Kier molecular flexibility index (Phi) is 6.34. The molecule has 3 N–H and O–H groups in total. The van der Waals surface area contributed by atoms with Gasteiger partial charge in [-0.15, -0.1) is 0 Å². The van der Waals surface area contributed by atoms with E-state index in [1.54, 1.807) is 11.0 Å². The summed E-state index contributed by atoms with van der Waals surface area (Å²) in [6.45, 7) is 0.898. The Balaban J connectivity index is 1.32. The number of carbonyl (C=O) groups is 1. The molecule has 1 saturated carbocycles. The minimum absolute atomic E-state index is 0.151. The van der Waals surface area contributed by atoms with E-state index in [0.29, 0.717) is 13.1 Å². The summed E-state index contributed by atoms with van der Waals surface area (Å²) >= 11 is 0. The van der Waals surface area contributed by atoms with Crippen LogP contribution in [0.5, 0.6) is 0 Å². The number of benzene rings is 2. The molecule has 1 aliphatic rings. The first-order valence-corrected chi connectivity index (χ1v) is 11.4. The molecule has 10 heteroatoms. The molecule has 4 aromatic rings. The number of primary amides is 1. The molecular weight excluding hydrogens is 447 g/mol. The van der Waals surface area contributed by atoms with E-state index in [1.807, 2.05) is 53.4 Å². The van der Waals surface area contributed by atoms with Crippen molar-refractivity contribution in [1.29, 1.82) is 0 Å². The number of anilines is 2. The molecule has 9 nitrogen and oxygen atoms in total. The van der Waals surface area contributed by atoms with Crippen LogP contribution in [0, 0.1) is 5.82 Å². The third-order valence-electron chi connectivity index (χ3n) is 5.84.